The minimum atomic E-state index is -0.302. The smallest absolute Gasteiger partial charge is 0.408 e. The van der Waals surface area contributed by atoms with E-state index in [4.69, 9.17) is 10.2 Å². The molecule has 0 aliphatic heterocycles. The number of nitrogens with two attached hydrogens (primary N) is 1. The number of hydrogen-bond acceptors (Lipinski definition) is 3. The number of hydrogen-bond donors (Lipinski definition) is 1. The number of rotatable bonds is 3. The molecule has 2 aromatic rings. The summed E-state index contributed by atoms with van der Waals surface area (Å²) in [6.07, 6.45) is 0.780. The van der Waals surface area contributed by atoms with Gasteiger partial charge in [-0.15, -0.1) is 0 Å². The van der Waals surface area contributed by atoms with Crippen molar-refractivity contribution in [2.45, 2.75) is 19.9 Å². The highest BCUT2D eigenvalue weighted by molar-refractivity contribution is 5.73. The monoisotopic (exact) mass is 206 g/mol. The summed E-state index contributed by atoms with van der Waals surface area (Å²) in [7, 11) is 0. The molecule has 4 nitrogen and oxygen atoms in total. The highest BCUT2D eigenvalue weighted by Gasteiger charge is 2.07. The number of aryl methyl sites for hydroxylation is 2. The molecule has 0 fully saturated rings. The lowest BCUT2D eigenvalue weighted by molar-refractivity contribution is 0.499. The van der Waals surface area contributed by atoms with Gasteiger partial charge in [0.2, 0.25) is 0 Å². The third kappa shape index (κ3) is 1.80. The quantitative estimate of drug-likeness (QED) is 0.822. The van der Waals surface area contributed by atoms with Crippen LogP contribution in [0.5, 0.6) is 0 Å². The van der Waals surface area contributed by atoms with Crippen LogP contribution >= 0.6 is 0 Å². The molecule has 0 amide bonds. The van der Waals surface area contributed by atoms with Crippen LogP contribution in [0.3, 0.4) is 0 Å². The molecule has 2 N–H and O–H groups in total. The Morgan fingerprint density at radius 1 is 1.47 bits per heavy atom. The molecule has 0 atom stereocenters. The molecule has 80 valence electrons. The van der Waals surface area contributed by atoms with Crippen LogP contribution in [-0.2, 0) is 6.54 Å². The molecule has 4 heteroatoms. The van der Waals surface area contributed by atoms with Gasteiger partial charge in [0.05, 0.1) is 5.52 Å². The van der Waals surface area contributed by atoms with Crippen molar-refractivity contribution in [3.05, 3.63) is 34.3 Å². The molecule has 0 unspecified atom stereocenters. The lowest BCUT2D eigenvalue weighted by Gasteiger charge is -1.99. The zero-order chi connectivity index (χ0) is 10.8. The first-order valence-electron chi connectivity index (χ1n) is 5.02. The van der Waals surface area contributed by atoms with E-state index in [1.807, 2.05) is 25.1 Å². The third-order valence-electron chi connectivity index (χ3n) is 2.41. The Morgan fingerprint density at radius 3 is 3.00 bits per heavy atom. The van der Waals surface area contributed by atoms with Crippen molar-refractivity contribution in [3.63, 3.8) is 0 Å². The van der Waals surface area contributed by atoms with E-state index in [2.05, 4.69) is 0 Å². The lowest BCUT2D eigenvalue weighted by Crippen LogP contribution is -2.16. The first-order chi connectivity index (χ1) is 7.22. The second-order valence-electron chi connectivity index (χ2n) is 3.63. The fraction of sp³-hybridized carbons (Fsp3) is 0.364. The first-order valence-corrected chi connectivity index (χ1v) is 5.02. The van der Waals surface area contributed by atoms with Crippen LogP contribution in [0.4, 0.5) is 0 Å². The molecular formula is C11H14N2O2. The van der Waals surface area contributed by atoms with E-state index < -0.39 is 0 Å². The highest BCUT2D eigenvalue weighted by atomic mass is 16.4. The zero-order valence-electron chi connectivity index (χ0n) is 8.69. The van der Waals surface area contributed by atoms with E-state index >= 15 is 0 Å². The van der Waals surface area contributed by atoms with Crippen LogP contribution in [-0.4, -0.2) is 11.1 Å². The third-order valence-corrected chi connectivity index (χ3v) is 2.41. The van der Waals surface area contributed by atoms with E-state index in [1.165, 1.54) is 0 Å². The van der Waals surface area contributed by atoms with Gasteiger partial charge in [0.25, 0.3) is 0 Å². The van der Waals surface area contributed by atoms with E-state index in [0.29, 0.717) is 18.7 Å². The number of aromatic nitrogens is 1. The van der Waals surface area contributed by atoms with Crippen LogP contribution < -0.4 is 11.5 Å². The molecule has 0 saturated carbocycles. The molecule has 0 radical (unpaired) electrons. The Hall–Kier alpha value is -1.55. The molecule has 0 saturated heterocycles. The SMILES string of the molecule is Cc1ccc2c(c1)oc(=O)n2CCCN. The maximum atomic E-state index is 11.5. The minimum absolute atomic E-state index is 0.302. The molecule has 0 spiro atoms. The molecule has 15 heavy (non-hydrogen) atoms. The Kier molecular flexibility index (Phi) is 2.60. The zero-order valence-corrected chi connectivity index (χ0v) is 8.69. The van der Waals surface area contributed by atoms with E-state index in [0.717, 1.165) is 17.5 Å². The fourth-order valence-corrected chi connectivity index (χ4v) is 1.63. The first kappa shape index (κ1) is 9.98. The van der Waals surface area contributed by atoms with Gasteiger partial charge < -0.3 is 10.2 Å². The second kappa shape index (κ2) is 3.90. The molecule has 0 aliphatic rings. The van der Waals surface area contributed by atoms with Gasteiger partial charge >= 0.3 is 5.76 Å². The van der Waals surface area contributed by atoms with Gasteiger partial charge in [-0.05, 0) is 37.6 Å². The van der Waals surface area contributed by atoms with Gasteiger partial charge in [-0.2, -0.15) is 0 Å². The van der Waals surface area contributed by atoms with E-state index in [-0.39, 0.29) is 5.76 Å². The Bertz CT molecular complexity index is 525. The fourth-order valence-electron chi connectivity index (χ4n) is 1.63. The van der Waals surface area contributed by atoms with Crippen molar-refractivity contribution in [3.8, 4) is 0 Å². The van der Waals surface area contributed by atoms with E-state index in [9.17, 15) is 4.79 Å². The van der Waals surface area contributed by atoms with Crippen LogP contribution in [0.2, 0.25) is 0 Å². The second-order valence-corrected chi connectivity index (χ2v) is 3.63. The van der Waals surface area contributed by atoms with E-state index in [1.54, 1.807) is 4.57 Å². The summed E-state index contributed by atoms with van der Waals surface area (Å²) < 4.78 is 6.77. The van der Waals surface area contributed by atoms with Crippen molar-refractivity contribution >= 4 is 11.1 Å². The normalized spacial score (nSPS) is 11.1. The summed E-state index contributed by atoms with van der Waals surface area (Å²) >= 11 is 0. The van der Waals surface area contributed by atoms with Crippen molar-refractivity contribution in [2.75, 3.05) is 6.54 Å². The molecule has 0 bridgehead atoms. The number of oxazole rings is 1. The number of fused-ring (bicyclic) bond motifs is 1. The molecule has 2 rings (SSSR count). The highest BCUT2D eigenvalue weighted by Crippen LogP contribution is 2.14. The van der Waals surface area contributed by atoms with Gasteiger partial charge in [0.1, 0.15) is 0 Å². The van der Waals surface area contributed by atoms with Gasteiger partial charge in [0, 0.05) is 6.54 Å². The van der Waals surface area contributed by atoms with Gasteiger partial charge in [-0.25, -0.2) is 4.79 Å². The summed E-state index contributed by atoms with van der Waals surface area (Å²) in [5.41, 5.74) is 8.00. The molecule has 0 aliphatic carbocycles. The van der Waals surface area contributed by atoms with Crippen molar-refractivity contribution < 1.29 is 4.42 Å². The molecular weight excluding hydrogens is 192 g/mol. The molecule has 1 heterocycles. The predicted molar refractivity (Wildman–Crippen MR) is 58.9 cm³/mol. The summed E-state index contributed by atoms with van der Waals surface area (Å²) in [4.78, 5) is 11.5. The Labute approximate surface area is 87.3 Å². The summed E-state index contributed by atoms with van der Waals surface area (Å²) in [6.45, 7) is 3.16. The minimum Gasteiger partial charge on any atom is -0.408 e. The van der Waals surface area contributed by atoms with Crippen molar-refractivity contribution in [1.29, 1.82) is 0 Å². The average Bonchev–Trinajstić information content (AvgIpc) is 2.50. The maximum Gasteiger partial charge on any atom is 0.419 e. The summed E-state index contributed by atoms with van der Waals surface area (Å²) in [5, 5.41) is 0. The van der Waals surface area contributed by atoms with Crippen molar-refractivity contribution in [2.24, 2.45) is 5.73 Å². The van der Waals surface area contributed by atoms with Gasteiger partial charge in [0.15, 0.2) is 5.58 Å². The lowest BCUT2D eigenvalue weighted by atomic mass is 10.2. The summed E-state index contributed by atoms with van der Waals surface area (Å²) in [5.74, 6) is -0.302. The standard InChI is InChI=1S/C11H14N2O2/c1-8-3-4-9-10(7-8)15-11(14)13(9)6-2-5-12/h3-4,7H,2,5-6,12H2,1H3. The average molecular weight is 206 g/mol. The largest absolute Gasteiger partial charge is 0.419 e. The maximum absolute atomic E-state index is 11.5. The topological polar surface area (TPSA) is 61.2 Å². The molecule has 1 aromatic heterocycles. The van der Waals surface area contributed by atoms with Crippen LogP contribution in [0, 0.1) is 6.92 Å². The van der Waals surface area contributed by atoms with Crippen molar-refractivity contribution in [1.82, 2.24) is 4.57 Å². The Morgan fingerprint density at radius 2 is 2.27 bits per heavy atom. The number of benzene rings is 1. The predicted octanol–water partition coefficient (Wildman–Crippen LogP) is 1.25. The van der Waals surface area contributed by atoms with Gasteiger partial charge in [-0.1, -0.05) is 6.07 Å². The molecule has 1 aromatic carbocycles. The number of nitrogens with zero attached hydrogens (tertiary/aromatic N) is 1. The van der Waals surface area contributed by atoms with Crippen LogP contribution in [0.15, 0.2) is 27.4 Å². The summed E-state index contributed by atoms with van der Waals surface area (Å²) in [6, 6.07) is 5.75. The van der Waals surface area contributed by atoms with Gasteiger partial charge in [-0.3, -0.25) is 4.57 Å². The van der Waals surface area contributed by atoms with Crippen LogP contribution in [0.1, 0.15) is 12.0 Å². The van der Waals surface area contributed by atoms with Crippen LogP contribution in [0.25, 0.3) is 11.1 Å². The Balaban J connectivity index is 2.53.